The number of nitrogens with zero attached hydrogens (tertiary/aromatic N) is 3. The highest BCUT2D eigenvalue weighted by molar-refractivity contribution is 8.04. The third-order valence-corrected chi connectivity index (χ3v) is 7.90. The monoisotopic (exact) mass is 433 g/mol. The van der Waals surface area contributed by atoms with Crippen molar-refractivity contribution in [1.29, 1.82) is 0 Å². The number of aryl methyl sites for hydroxylation is 1. The molecule has 1 amide bonds. The summed E-state index contributed by atoms with van der Waals surface area (Å²) in [7, 11) is 0. The average molecular weight is 434 g/mol. The van der Waals surface area contributed by atoms with Crippen LogP contribution in [0.5, 0.6) is 0 Å². The van der Waals surface area contributed by atoms with E-state index in [-0.39, 0.29) is 22.7 Å². The van der Waals surface area contributed by atoms with Crippen molar-refractivity contribution in [3.8, 4) is 11.3 Å². The highest BCUT2D eigenvalue weighted by Crippen LogP contribution is 2.49. The molecule has 1 aliphatic heterocycles. The minimum atomic E-state index is -0.341. The minimum absolute atomic E-state index is 0.0100. The molecule has 160 valence electrons. The van der Waals surface area contributed by atoms with Crippen molar-refractivity contribution in [2.45, 2.75) is 51.4 Å². The molecular weight excluding hydrogens is 406 g/mol. The van der Waals surface area contributed by atoms with Crippen molar-refractivity contribution in [2.24, 2.45) is 11.1 Å². The maximum absolute atomic E-state index is 11.9. The van der Waals surface area contributed by atoms with Gasteiger partial charge >= 0.3 is 0 Å². The summed E-state index contributed by atoms with van der Waals surface area (Å²) in [4.78, 5) is 27.1. The predicted molar refractivity (Wildman–Crippen MR) is 125 cm³/mol. The van der Waals surface area contributed by atoms with Crippen LogP contribution in [0.1, 0.15) is 50.8 Å². The molecule has 0 spiro atoms. The van der Waals surface area contributed by atoms with Crippen LogP contribution < -0.4 is 5.73 Å². The Hall–Kier alpha value is -2.80. The van der Waals surface area contributed by atoms with E-state index in [2.05, 4.69) is 58.8 Å². The highest BCUT2D eigenvalue weighted by Gasteiger charge is 2.41. The summed E-state index contributed by atoms with van der Waals surface area (Å²) >= 11 is 1.60. The molecule has 2 atom stereocenters. The van der Waals surface area contributed by atoms with E-state index in [0.29, 0.717) is 4.91 Å². The van der Waals surface area contributed by atoms with Gasteiger partial charge in [-0.1, -0.05) is 44.7 Å². The summed E-state index contributed by atoms with van der Waals surface area (Å²) in [5.41, 5.74) is 12.3. The molecule has 0 radical (unpaired) electrons. The largest absolute Gasteiger partial charge is 0.365 e. The topological polar surface area (TPSA) is 87.9 Å². The van der Waals surface area contributed by atoms with Crippen molar-refractivity contribution in [2.75, 3.05) is 0 Å². The van der Waals surface area contributed by atoms with Gasteiger partial charge in [-0.25, -0.2) is 9.97 Å². The molecule has 1 aromatic carbocycles. The van der Waals surface area contributed by atoms with Gasteiger partial charge in [-0.2, -0.15) is 0 Å². The van der Waals surface area contributed by atoms with E-state index in [9.17, 15) is 4.79 Å². The van der Waals surface area contributed by atoms with Gasteiger partial charge in [0.25, 0.3) is 5.91 Å². The van der Waals surface area contributed by atoms with Crippen molar-refractivity contribution < 1.29 is 4.79 Å². The van der Waals surface area contributed by atoms with E-state index >= 15 is 0 Å². The fourth-order valence-electron chi connectivity index (χ4n) is 4.75. The third kappa shape index (κ3) is 3.51. The van der Waals surface area contributed by atoms with E-state index in [1.807, 2.05) is 18.5 Å². The molecule has 0 bridgehead atoms. The van der Waals surface area contributed by atoms with E-state index < -0.39 is 0 Å². The summed E-state index contributed by atoms with van der Waals surface area (Å²) in [5.74, 6) is -0.341. The fraction of sp³-hybridized carbons (Fsp3) is 0.375. The molecule has 31 heavy (non-hydrogen) atoms. The zero-order valence-corrected chi connectivity index (χ0v) is 18.9. The van der Waals surface area contributed by atoms with E-state index in [1.54, 1.807) is 18.1 Å². The van der Waals surface area contributed by atoms with Crippen molar-refractivity contribution >= 4 is 28.7 Å². The van der Waals surface area contributed by atoms with Crippen LogP contribution in [0.3, 0.4) is 0 Å². The number of fused-ring (bicyclic) bond motifs is 2. The molecule has 2 aliphatic rings. The number of amides is 1. The van der Waals surface area contributed by atoms with E-state index in [4.69, 9.17) is 5.73 Å². The number of H-pyrrole nitrogens is 1. The number of nitrogens with two attached hydrogens (primary N) is 1. The molecule has 6 nitrogen and oxygen atoms in total. The molecule has 0 saturated carbocycles. The first kappa shape index (κ1) is 20.1. The number of aromatic amines is 1. The lowest BCUT2D eigenvalue weighted by Crippen LogP contribution is -2.39. The van der Waals surface area contributed by atoms with E-state index in [1.165, 1.54) is 11.1 Å². The number of primary amides is 1. The molecule has 2 unspecified atom stereocenters. The second-order valence-corrected chi connectivity index (χ2v) is 10.5. The highest BCUT2D eigenvalue weighted by atomic mass is 32.2. The number of hydrogen-bond donors (Lipinski definition) is 2. The lowest BCUT2D eigenvalue weighted by Gasteiger charge is -2.42. The van der Waals surface area contributed by atoms with Crippen LogP contribution >= 0.6 is 11.8 Å². The van der Waals surface area contributed by atoms with Gasteiger partial charge in [0.05, 0.1) is 33.0 Å². The quantitative estimate of drug-likeness (QED) is 0.622. The summed E-state index contributed by atoms with van der Waals surface area (Å²) < 4.78 is 0. The molecule has 3 N–H and O–H groups in total. The average Bonchev–Trinajstić information content (AvgIpc) is 3.40. The molecule has 3 aromatic rings. The summed E-state index contributed by atoms with van der Waals surface area (Å²) in [5, 5.41) is 0.172. The van der Waals surface area contributed by atoms with Crippen molar-refractivity contribution in [1.82, 2.24) is 19.9 Å². The second kappa shape index (κ2) is 7.41. The second-order valence-electron chi connectivity index (χ2n) is 9.42. The molecule has 5 rings (SSSR count). The minimum Gasteiger partial charge on any atom is -0.365 e. The Morgan fingerprint density at radius 2 is 2.10 bits per heavy atom. The molecule has 0 fully saturated rings. The van der Waals surface area contributed by atoms with Gasteiger partial charge in [-0.3, -0.25) is 4.79 Å². The van der Waals surface area contributed by atoms with Crippen LogP contribution in [0.4, 0.5) is 0 Å². The summed E-state index contributed by atoms with van der Waals surface area (Å²) in [6.45, 7) is 6.66. The van der Waals surface area contributed by atoms with Crippen molar-refractivity contribution in [3.63, 3.8) is 0 Å². The first-order valence-corrected chi connectivity index (χ1v) is 11.6. The van der Waals surface area contributed by atoms with Gasteiger partial charge in [-0.15, -0.1) is 0 Å². The summed E-state index contributed by atoms with van der Waals surface area (Å²) in [6.07, 6.45) is 8.74. The molecular formula is C24H27N5OS. The van der Waals surface area contributed by atoms with Crippen LogP contribution in [-0.2, 0) is 11.2 Å². The Kier molecular flexibility index (Phi) is 4.81. The van der Waals surface area contributed by atoms with E-state index in [0.717, 1.165) is 41.6 Å². The molecule has 1 aliphatic carbocycles. The maximum Gasteiger partial charge on any atom is 0.256 e. The number of benzene rings is 1. The first-order valence-electron chi connectivity index (χ1n) is 10.7. The SMILES string of the molecule is CC(C)(C)C1SC(C(N)=O)=CN1C1CCCc2cc(-c3ncnc4cc[nH]c34)ccc21. The van der Waals surface area contributed by atoms with Gasteiger partial charge in [0.2, 0.25) is 0 Å². The molecule has 3 heterocycles. The summed E-state index contributed by atoms with van der Waals surface area (Å²) in [6, 6.07) is 8.88. The first-order chi connectivity index (χ1) is 14.8. The Balaban J connectivity index is 1.55. The normalized spacial score (nSPS) is 21.3. The van der Waals surface area contributed by atoms with Gasteiger partial charge in [0.1, 0.15) is 6.33 Å². The van der Waals surface area contributed by atoms with Crippen LogP contribution in [0.15, 0.2) is 47.9 Å². The van der Waals surface area contributed by atoms with Gasteiger partial charge in [-0.05, 0) is 47.9 Å². The number of rotatable bonds is 3. The number of thioether (sulfide) groups is 1. The molecule has 0 saturated heterocycles. The molecule has 2 aromatic heterocycles. The lowest BCUT2D eigenvalue weighted by atomic mass is 9.84. The van der Waals surface area contributed by atoms with Crippen LogP contribution in [0.2, 0.25) is 0 Å². The number of carbonyl (C=O) groups is 1. The number of nitrogens with one attached hydrogen (secondary N) is 1. The fourth-order valence-corrected chi connectivity index (χ4v) is 5.97. The zero-order valence-electron chi connectivity index (χ0n) is 18.1. The smallest absolute Gasteiger partial charge is 0.256 e. The number of hydrogen-bond acceptors (Lipinski definition) is 5. The molecule has 7 heteroatoms. The standard InChI is InChI=1S/C24H27N5OS/c1-24(2,3)23-29(12-19(31-23)22(25)30)18-6-4-5-14-11-15(7-8-16(14)18)20-21-17(9-10-26-21)27-13-28-20/h7-13,18,23,26H,4-6H2,1-3H3,(H2,25,30). The Labute approximate surface area is 186 Å². The van der Waals surface area contributed by atoms with Gasteiger partial charge in [0, 0.05) is 18.0 Å². The van der Waals surface area contributed by atoms with Crippen LogP contribution in [-0.4, -0.2) is 31.1 Å². The van der Waals surface area contributed by atoms with Crippen LogP contribution in [0, 0.1) is 5.41 Å². The Morgan fingerprint density at radius 1 is 1.26 bits per heavy atom. The van der Waals surface area contributed by atoms with Gasteiger partial charge < -0.3 is 15.6 Å². The van der Waals surface area contributed by atoms with Crippen LogP contribution in [0.25, 0.3) is 22.3 Å². The Morgan fingerprint density at radius 3 is 2.87 bits per heavy atom. The van der Waals surface area contributed by atoms with Gasteiger partial charge in [0.15, 0.2) is 0 Å². The number of aromatic nitrogens is 3. The number of carbonyl (C=O) groups excluding carboxylic acids is 1. The lowest BCUT2D eigenvalue weighted by molar-refractivity contribution is -0.113. The Bertz CT molecular complexity index is 1190. The zero-order chi connectivity index (χ0) is 21.8. The van der Waals surface area contributed by atoms with Crippen molar-refractivity contribution in [3.05, 3.63) is 59.0 Å². The predicted octanol–water partition coefficient (Wildman–Crippen LogP) is 4.75. The third-order valence-electron chi connectivity index (χ3n) is 6.16. The maximum atomic E-state index is 11.9.